The highest BCUT2D eigenvalue weighted by Gasteiger charge is 2.44. The van der Waals surface area contributed by atoms with Crippen molar-refractivity contribution in [1.29, 1.82) is 0 Å². The van der Waals surface area contributed by atoms with E-state index in [4.69, 9.17) is 39.5 Å². The highest BCUT2D eigenvalue weighted by molar-refractivity contribution is 6.39. The summed E-state index contributed by atoms with van der Waals surface area (Å²) in [5.74, 6) is -0.898. The third-order valence-corrected chi connectivity index (χ3v) is 5.69. The normalized spacial score (nSPS) is 15.4. The van der Waals surface area contributed by atoms with Gasteiger partial charge in [-0.3, -0.25) is 9.59 Å². The lowest BCUT2D eigenvalue weighted by Crippen LogP contribution is -2.36. The highest BCUT2D eigenvalue weighted by atomic mass is 35.5. The number of ether oxygens (including phenoxy) is 1. The Morgan fingerprint density at radius 1 is 0.963 bits per heavy atom. The summed E-state index contributed by atoms with van der Waals surface area (Å²) in [6.07, 6.45) is 3.23. The first-order valence-electron chi connectivity index (χ1n) is 8.59. The molecule has 4 nitrogen and oxygen atoms in total. The van der Waals surface area contributed by atoms with Crippen LogP contribution in [0.4, 0.5) is 5.69 Å². The van der Waals surface area contributed by atoms with E-state index >= 15 is 0 Å². The minimum atomic E-state index is -0.729. The fraction of sp³-hybridized carbons (Fsp3) is 0.300. The smallest absolute Gasteiger partial charge is 0.317 e. The molecule has 142 valence electrons. The second-order valence-corrected chi connectivity index (χ2v) is 7.77. The molecule has 1 amide bonds. The van der Waals surface area contributed by atoms with Crippen molar-refractivity contribution in [2.75, 3.05) is 11.9 Å². The predicted octanol–water partition coefficient (Wildman–Crippen LogP) is 5.64. The van der Waals surface area contributed by atoms with Crippen LogP contribution in [0, 0.1) is 0 Å². The summed E-state index contributed by atoms with van der Waals surface area (Å²) in [4.78, 5) is 25.1. The molecular weight excluding hydrogens is 409 g/mol. The largest absolute Gasteiger partial charge is 0.455 e. The van der Waals surface area contributed by atoms with Crippen LogP contribution in [-0.2, 0) is 19.7 Å². The predicted molar refractivity (Wildman–Crippen MR) is 108 cm³/mol. The van der Waals surface area contributed by atoms with Gasteiger partial charge in [-0.15, -0.1) is 0 Å². The lowest BCUT2D eigenvalue weighted by molar-refractivity contribution is -0.153. The van der Waals surface area contributed by atoms with Crippen LogP contribution < -0.4 is 5.32 Å². The van der Waals surface area contributed by atoms with Crippen LogP contribution in [0.1, 0.15) is 31.2 Å². The second kappa shape index (κ2) is 8.51. The molecule has 0 aliphatic heterocycles. The molecule has 0 spiro atoms. The van der Waals surface area contributed by atoms with E-state index < -0.39 is 23.9 Å². The third kappa shape index (κ3) is 4.40. The SMILES string of the molecule is O=C(COC(=O)C1(c2ccc(Cl)cc2)CCCC1)Nc1c(Cl)cccc1Cl. The van der Waals surface area contributed by atoms with Gasteiger partial charge in [0.25, 0.3) is 5.91 Å². The van der Waals surface area contributed by atoms with E-state index in [0.29, 0.717) is 33.6 Å². The number of benzene rings is 2. The summed E-state index contributed by atoms with van der Waals surface area (Å²) >= 11 is 18.0. The van der Waals surface area contributed by atoms with Gasteiger partial charge in [0.15, 0.2) is 6.61 Å². The molecule has 0 atom stereocenters. The van der Waals surface area contributed by atoms with E-state index in [1.807, 2.05) is 12.1 Å². The van der Waals surface area contributed by atoms with Gasteiger partial charge in [0.05, 0.1) is 21.1 Å². The summed E-state index contributed by atoms with van der Waals surface area (Å²) in [5, 5.41) is 3.83. The van der Waals surface area contributed by atoms with Crippen LogP contribution >= 0.6 is 34.8 Å². The Morgan fingerprint density at radius 2 is 1.56 bits per heavy atom. The molecule has 1 fully saturated rings. The van der Waals surface area contributed by atoms with Gasteiger partial charge in [-0.1, -0.05) is 65.8 Å². The summed E-state index contributed by atoms with van der Waals surface area (Å²) in [6, 6.07) is 12.1. The van der Waals surface area contributed by atoms with Gasteiger partial charge in [0.2, 0.25) is 0 Å². The fourth-order valence-corrected chi connectivity index (χ4v) is 4.04. The van der Waals surface area contributed by atoms with Crippen molar-refractivity contribution in [2.24, 2.45) is 0 Å². The van der Waals surface area contributed by atoms with Crippen LogP contribution in [0.25, 0.3) is 0 Å². The fourth-order valence-electron chi connectivity index (χ4n) is 3.42. The molecule has 0 saturated heterocycles. The number of halogens is 3. The molecule has 2 aromatic carbocycles. The lowest BCUT2D eigenvalue weighted by Gasteiger charge is -2.27. The Balaban J connectivity index is 1.68. The lowest BCUT2D eigenvalue weighted by atomic mass is 9.79. The molecule has 1 saturated carbocycles. The molecule has 1 aliphatic carbocycles. The number of nitrogens with one attached hydrogen (secondary N) is 1. The summed E-state index contributed by atoms with van der Waals surface area (Å²) < 4.78 is 5.36. The maximum Gasteiger partial charge on any atom is 0.317 e. The van der Waals surface area contributed by atoms with Crippen molar-refractivity contribution in [1.82, 2.24) is 0 Å². The van der Waals surface area contributed by atoms with E-state index in [9.17, 15) is 9.59 Å². The number of carbonyl (C=O) groups excluding carboxylic acids is 2. The number of amides is 1. The van der Waals surface area contributed by atoms with Crippen molar-refractivity contribution >= 4 is 52.4 Å². The standard InChI is InChI=1S/C20H18Cl3NO3/c21-14-8-6-13(7-9-14)20(10-1-2-11-20)19(26)27-12-17(25)24-18-15(22)4-3-5-16(18)23/h3-9H,1-2,10-12H2,(H,24,25). The third-order valence-electron chi connectivity index (χ3n) is 4.81. The average molecular weight is 427 g/mol. The Hall–Kier alpha value is -1.75. The van der Waals surface area contributed by atoms with Crippen molar-refractivity contribution in [3.8, 4) is 0 Å². The maximum absolute atomic E-state index is 12.9. The van der Waals surface area contributed by atoms with Gasteiger partial charge in [-0.2, -0.15) is 0 Å². The van der Waals surface area contributed by atoms with Crippen molar-refractivity contribution in [2.45, 2.75) is 31.1 Å². The number of hydrogen-bond donors (Lipinski definition) is 1. The van der Waals surface area contributed by atoms with Gasteiger partial charge in [-0.05, 0) is 42.7 Å². The highest BCUT2D eigenvalue weighted by Crippen LogP contribution is 2.42. The Labute approximate surface area is 172 Å². The number of esters is 1. The molecule has 1 N–H and O–H groups in total. The van der Waals surface area contributed by atoms with Crippen LogP contribution in [0.3, 0.4) is 0 Å². The zero-order valence-electron chi connectivity index (χ0n) is 14.4. The minimum absolute atomic E-state index is 0.301. The maximum atomic E-state index is 12.9. The quantitative estimate of drug-likeness (QED) is 0.629. The van der Waals surface area contributed by atoms with Gasteiger partial charge in [-0.25, -0.2) is 0 Å². The van der Waals surface area contributed by atoms with Crippen LogP contribution in [0.2, 0.25) is 15.1 Å². The molecule has 0 aromatic heterocycles. The molecule has 0 heterocycles. The van der Waals surface area contributed by atoms with E-state index in [1.165, 1.54) is 0 Å². The van der Waals surface area contributed by atoms with Crippen molar-refractivity contribution in [3.63, 3.8) is 0 Å². The first-order chi connectivity index (χ1) is 12.9. The zero-order chi connectivity index (χ0) is 19.4. The van der Waals surface area contributed by atoms with E-state index in [0.717, 1.165) is 18.4 Å². The molecule has 3 rings (SSSR count). The molecule has 0 bridgehead atoms. The van der Waals surface area contributed by atoms with Crippen LogP contribution in [0.5, 0.6) is 0 Å². The molecule has 27 heavy (non-hydrogen) atoms. The van der Waals surface area contributed by atoms with Crippen molar-refractivity contribution in [3.05, 3.63) is 63.1 Å². The van der Waals surface area contributed by atoms with Crippen LogP contribution in [0.15, 0.2) is 42.5 Å². The van der Waals surface area contributed by atoms with Crippen molar-refractivity contribution < 1.29 is 14.3 Å². The number of rotatable bonds is 5. The molecule has 7 heteroatoms. The summed E-state index contributed by atoms with van der Waals surface area (Å²) in [5.41, 5.74) is 0.437. The van der Waals surface area contributed by atoms with Gasteiger partial charge in [0, 0.05) is 5.02 Å². The monoisotopic (exact) mass is 425 g/mol. The molecule has 0 unspecified atom stereocenters. The molecular formula is C20H18Cl3NO3. The number of carbonyl (C=O) groups is 2. The van der Waals surface area contributed by atoms with E-state index in [-0.39, 0.29) is 0 Å². The van der Waals surface area contributed by atoms with Gasteiger partial charge < -0.3 is 10.1 Å². The van der Waals surface area contributed by atoms with Crippen LogP contribution in [-0.4, -0.2) is 18.5 Å². The topological polar surface area (TPSA) is 55.4 Å². The molecule has 1 aliphatic rings. The van der Waals surface area contributed by atoms with Gasteiger partial charge in [0.1, 0.15) is 0 Å². The first-order valence-corrected chi connectivity index (χ1v) is 9.73. The second-order valence-electron chi connectivity index (χ2n) is 6.52. The molecule has 0 radical (unpaired) electrons. The number of para-hydroxylation sites is 1. The average Bonchev–Trinajstić information content (AvgIpc) is 3.14. The Kier molecular flexibility index (Phi) is 6.30. The minimum Gasteiger partial charge on any atom is -0.455 e. The summed E-state index contributed by atoms with van der Waals surface area (Å²) in [6.45, 7) is -0.407. The summed E-state index contributed by atoms with van der Waals surface area (Å²) in [7, 11) is 0. The van der Waals surface area contributed by atoms with E-state index in [1.54, 1.807) is 30.3 Å². The number of anilines is 1. The Morgan fingerprint density at radius 3 is 2.15 bits per heavy atom. The molecule has 2 aromatic rings. The Bertz CT molecular complexity index is 826. The first kappa shape index (κ1) is 20.0. The zero-order valence-corrected chi connectivity index (χ0v) is 16.7. The van der Waals surface area contributed by atoms with E-state index in [2.05, 4.69) is 5.32 Å². The van der Waals surface area contributed by atoms with Gasteiger partial charge >= 0.3 is 5.97 Å². The number of hydrogen-bond acceptors (Lipinski definition) is 3.